The molecule has 2 aromatic carbocycles. The number of aromatic amines is 1. The lowest BCUT2D eigenvalue weighted by Crippen LogP contribution is -2.50. The quantitative estimate of drug-likeness (QED) is 0.478. The second-order valence-electron chi connectivity index (χ2n) is 7.60. The molecule has 1 saturated heterocycles. The Bertz CT molecular complexity index is 1100. The monoisotopic (exact) mass is 421 g/mol. The van der Waals surface area contributed by atoms with E-state index in [2.05, 4.69) is 32.8 Å². The van der Waals surface area contributed by atoms with Gasteiger partial charge in [-0.3, -0.25) is 4.90 Å². The molecule has 1 atom stereocenters. The summed E-state index contributed by atoms with van der Waals surface area (Å²) < 4.78 is 0. The third-order valence-corrected chi connectivity index (χ3v) is 6.00. The van der Waals surface area contributed by atoms with Gasteiger partial charge in [0.1, 0.15) is 17.4 Å². The van der Waals surface area contributed by atoms with Gasteiger partial charge in [0.2, 0.25) is 0 Å². The van der Waals surface area contributed by atoms with E-state index in [-0.39, 0.29) is 17.4 Å². The van der Waals surface area contributed by atoms with Gasteiger partial charge in [0.15, 0.2) is 5.82 Å². The van der Waals surface area contributed by atoms with E-state index >= 15 is 0 Å². The summed E-state index contributed by atoms with van der Waals surface area (Å²) in [5, 5.41) is 21.3. The number of hydrogen-bond donors (Lipinski definition) is 2. The smallest absolute Gasteiger partial charge is 0.152 e. The first kappa shape index (κ1) is 20.3. The molecule has 0 radical (unpaired) electrons. The number of allylic oxidation sites excluding steroid dienone is 1. The summed E-state index contributed by atoms with van der Waals surface area (Å²) in [6.45, 7) is 7.21. The molecule has 154 valence electrons. The summed E-state index contributed by atoms with van der Waals surface area (Å²) in [6, 6.07) is 15.4. The number of piperazine rings is 1. The van der Waals surface area contributed by atoms with Gasteiger partial charge < -0.3 is 15.0 Å². The van der Waals surface area contributed by atoms with E-state index < -0.39 is 0 Å². The highest BCUT2D eigenvalue weighted by molar-refractivity contribution is 6.30. The Labute approximate surface area is 181 Å². The van der Waals surface area contributed by atoms with E-state index in [1.165, 1.54) is 5.56 Å². The van der Waals surface area contributed by atoms with Crippen molar-refractivity contribution in [1.82, 2.24) is 14.9 Å². The Kier molecular flexibility index (Phi) is 5.67. The fourth-order valence-corrected chi connectivity index (χ4v) is 4.12. The summed E-state index contributed by atoms with van der Waals surface area (Å²) in [5.74, 6) is 0.445. The lowest BCUT2D eigenvalue weighted by atomic mass is 10.1. The van der Waals surface area contributed by atoms with Crippen LogP contribution in [0.25, 0.3) is 16.6 Å². The Morgan fingerprint density at radius 1 is 1.20 bits per heavy atom. The number of benzene rings is 2. The molecule has 30 heavy (non-hydrogen) atoms. The highest BCUT2D eigenvalue weighted by Gasteiger charge is 2.27. The van der Waals surface area contributed by atoms with Crippen LogP contribution in [0.4, 0.5) is 5.69 Å². The van der Waals surface area contributed by atoms with Gasteiger partial charge in [-0.1, -0.05) is 29.8 Å². The van der Waals surface area contributed by atoms with Crippen LogP contribution in [-0.4, -0.2) is 52.2 Å². The minimum absolute atomic E-state index is 0.0453. The molecule has 6 nitrogen and oxygen atoms in total. The number of aliphatic hydroxyl groups is 1. The molecule has 3 aromatic rings. The number of aromatic nitrogens is 2. The minimum Gasteiger partial charge on any atom is -0.509 e. The third kappa shape index (κ3) is 3.87. The molecular formula is C23H24ClN5O. The number of aliphatic hydroxyl groups excluding tert-OH is 1. The maximum atomic E-state index is 10.9. The molecule has 0 aliphatic carbocycles. The maximum absolute atomic E-state index is 10.9. The Hall–Kier alpha value is -3.01. The Morgan fingerprint density at radius 3 is 2.63 bits per heavy atom. The van der Waals surface area contributed by atoms with Crippen molar-refractivity contribution < 1.29 is 5.11 Å². The number of rotatable bonds is 4. The topological polar surface area (TPSA) is 79.2 Å². The highest BCUT2D eigenvalue weighted by atomic mass is 35.5. The van der Waals surface area contributed by atoms with Crippen molar-refractivity contribution in [2.45, 2.75) is 19.9 Å². The highest BCUT2D eigenvalue weighted by Crippen LogP contribution is 2.27. The second kappa shape index (κ2) is 8.39. The summed E-state index contributed by atoms with van der Waals surface area (Å²) >= 11 is 6.18. The summed E-state index contributed by atoms with van der Waals surface area (Å²) in [4.78, 5) is 12.1. The molecule has 1 aliphatic heterocycles. The van der Waals surface area contributed by atoms with Crippen LogP contribution in [0.15, 0.2) is 48.2 Å². The molecule has 2 N–H and O–H groups in total. The summed E-state index contributed by atoms with van der Waals surface area (Å²) in [5.41, 5.74) is 4.14. The van der Waals surface area contributed by atoms with E-state index in [9.17, 15) is 10.4 Å². The van der Waals surface area contributed by atoms with Gasteiger partial charge in [0, 0.05) is 36.9 Å². The number of para-hydroxylation sites is 2. The van der Waals surface area contributed by atoms with E-state index in [4.69, 9.17) is 11.6 Å². The molecule has 1 aromatic heterocycles. The number of nitrogens with zero attached hydrogens (tertiary/aromatic N) is 4. The largest absolute Gasteiger partial charge is 0.509 e. The number of H-pyrrole nitrogens is 1. The normalized spacial score (nSPS) is 16.9. The van der Waals surface area contributed by atoms with E-state index in [0.29, 0.717) is 5.82 Å². The van der Waals surface area contributed by atoms with Crippen LogP contribution in [0.1, 0.15) is 18.3 Å². The Morgan fingerprint density at radius 2 is 1.93 bits per heavy atom. The zero-order valence-electron chi connectivity index (χ0n) is 17.1. The number of hydrogen-bond acceptors (Lipinski definition) is 5. The van der Waals surface area contributed by atoms with Gasteiger partial charge in [0.05, 0.1) is 17.1 Å². The fraction of sp³-hybridized carbons (Fsp3) is 0.304. The first-order valence-corrected chi connectivity index (χ1v) is 10.4. The third-order valence-electron chi connectivity index (χ3n) is 5.76. The number of fused-ring (bicyclic) bond motifs is 1. The van der Waals surface area contributed by atoms with Crippen molar-refractivity contribution in [1.29, 1.82) is 5.26 Å². The molecule has 0 unspecified atom stereocenters. The molecule has 0 amide bonds. The molecular weight excluding hydrogens is 398 g/mol. The molecule has 0 spiro atoms. The SMILES string of the molecule is Cc1ccc(Cl)cc1N1CCN([C@@H](C)/C(O)=C(\C#N)c2nc3ccccc3[nH]2)CC1. The van der Waals surface area contributed by atoms with Crippen molar-refractivity contribution in [3.8, 4) is 6.07 Å². The van der Waals surface area contributed by atoms with Crippen molar-refractivity contribution >= 4 is 33.9 Å². The molecule has 4 rings (SSSR count). The lowest BCUT2D eigenvalue weighted by molar-refractivity contribution is 0.178. The zero-order valence-corrected chi connectivity index (χ0v) is 17.8. The first-order chi connectivity index (χ1) is 14.5. The first-order valence-electron chi connectivity index (χ1n) is 10.0. The number of nitrogens with one attached hydrogen (secondary N) is 1. The van der Waals surface area contributed by atoms with Crippen LogP contribution in [-0.2, 0) is 0 Å². The standard InChI is InChI=1S/C23H24ClN5O/c1-15-7-8-17(24)13-21(15)29-11-9-28(10-12-29)16(2)22(30)18(14-25)23-26-19-5-3-4-6-20(19)27-23/h3-8,13,16,30H,9-12H2,1-2H3,(H,26,27)/b22-18-/t16-/m0/s1. The minimum atomic E-state index is -0.282. The fourth-order valence-electron chi connectivity index (χ4n) is 3.96. The summed E-state index contributed by atoms with van der Waals surface area (Å²) in [7, 11) is 0. The van der Waals surface area contributed by atoms with Crippen molar-refractivity contribution in [3.63, 3.8) is 0 Å². The van der Waals surface area contributed by atoms with Gasteiger partial charge in [-0.15, -0.1) is 0 Å². The van der Waals surface area contributed by atoms with Gasteiger partial charge in [0.25, 0.3) is 0 Å². The molecule has 0 saturated carbocycles. The van der Waals surface area contributed by atoms with Crippen LogP contribution in [0, 0.1) is 18.3 Å². The number of halogens is 1. The average molecular weight is 422 g/mol. The zero-order chi connectivity index (χ0) is 21.3. The lowest BCUT2D eigenvalue weighted by Gasteiger charge is -2.39. The molecule has 7 heteroatoms. The second-order valence-corrected chi connectivity index (χ2v) is 8.04. The molecule has 1 fully saturated rings. The van der Waals surface area contributed by atoms with Crippen LogP contribution < -0.4 is 4.90 Å². The van der Waals surface area contributed by atoms with E-state index in [1.807, 2.05) is 49.4 Å². The predicted octanol–water partition coefficient (Wildman–Crippen LogP) is 4.53. The Balaban J connectivity index is 1.51. The summed E-state index contributed by atoms with van der Waals surface area (Å²) in [6.07, 6.45) is 0. The molecule has 0 bridgehead atoms. The number of aryl methyl sites for hydroxylation is 1. The van der Waals surface area contributed by atoms with Gasteiger partial charge in [-0.25, -0.2) is 4.98 Å². The molecule has 2 heterocycles. The number of imidazole rings is 1. The van der Waals surface area contributed by atoms with Crippen molar-refractivity contribution in [2.75, 3.05) is 31.1 Å². The number of anilines is 1. The van der Waals surface area contributed by atoms with Crippen molar-refractivity contribution in [3.05, 3.63) is 64.6 Å². The van der Waals surface area contributed by atoms with Crippen LogP contribution in [0.2, 0.25) is 5.02 Å². The van der Waals surface area contributed by atoms with Gasteiger partial charge in [-0.2, -0.15) is 5.26 Å². The van der Waals surface area contributed by atoms with Gasteiger partial charge >= 0.3 is 0 Å². The molecule has 1 aliphatic rings. The predicted molar refractivity (Wildman–Crippen MR) is 121 cm³/mol. The average Bonchev–Trinajstić information content (AvgIpc) is 3.19. The van der Waals surface area contributed by atoms with E-state index in [1.54, 1.807) is 0 Å². The number of nitriles is 1. The maximum Gasteiger partial charge on any atom is 0.152 e. The van der Waals surface area contributed by atoms with Crippen molar-refractivity contribution in [2.24, 2.45) is 0 Å². The van der Waals surface area contributed by atoms with Crippen LogP contribution in [0.3, 0.4) is 0 Å². The van der Waals surface area contributed by atoms with Gasteiger partial charge in [-0.05, 0) is 43.7 Å². The van der Waals surface area contributed by atoms with Crippen LogP contribution in [0.5, 0.6) is 0 Å². The van der Waals surface area contributed by atoms with E-state index in [0.717, 1.165) is 47.9 Å². The van der Waals surface area contributed by atoms with Crippen LogP contribution >= 0.6 is 11.6 Å².